The fraction of sp³-hybridized carbons (Fsp3) is 0.714. The Balaban J connectivity index is 1.90. The highest BCUT2D eigenvalue weighted by Gasteiger charge is 2.25. The van der Waals surface area contributed by atoms with E-state index >= 15 is 0 Å². The van der Waals surface area contributed by atoms with Crippen LogP contribution in [0, 0.1) is 13.8 Å². The van der Waals surface area contributed by atoms with Gasteiger partial charge in [0.15, 0.2) is 5.13 Å². The van der Waals surface area contributed by atoms with Crippen LogP contribution in [0.4, 0.5) is 5.13 Å². The number of aromatic nitrogens is 1. The highest BCUT2D eigenvalue weighted by Crippen LogP contribution is 2.26. The zero-order valence-electron chi connectivity index (χ0n) is 12.6. The fourth-order valence-electron chi connectivity index (χ4n) is 2.38. The first-order valence-corrected chi connectivity index (χ1v) is 8.08. The van der Waals surface area contributed by atoms with Crippen LogP contribution in [0.15, 0.2) is 0 Å². The monoisotopic (exact) mass is 296 g/mol. The first-order chi connectivity index (χ1) is 9.52. The summed E-state index contributed by atoms with van der Waals surface area (Å²) in [6.45, 7) is 9.37. The van der Waals surface area contributed by atoms with Gasteiger partial charge >= 0.3 is 0 Å². The number of nitrogens with two attached hydrogens (primary N) is 1. The van der Waals surface area contributed by atoms with Crippen molar-refractivity contribution in [2.75, 3.05) is 31.1 Å². The molecule has 2 rings (SSSR count). The number of hydrogen-bond acceptors (Lipinski definition) is 5. The van der Waals surface area contributed by atoms with E-state index in [1.54, 1.807) is 11.3 Å². The van der Waals surface area contributed by atoms with Gasteiger partial charge in [-0.05, 0) is 20.3 Å². The second kappa shape index (κ2) is 6.54. The van der Waals surface area contributed by atoms with Crippen molar-refractivity contribution >= 4 is 22.4 Å². The number of carbonyl (C=O) groups is 1. The van der Waals surface area contributed by atoms with Gasteiger partial charge in [-0.3, -0.25) is 4.79 Å². The Morgan fingerprint density at radius 3 is 2.50 bits per heavy atom. The average Bonchev–Trinajstić information content (AvgIpc) is 2.78. The number of thiazole rings is 1. The molecule has 0 radical (unpaired) electrons. The van der Waals surface area contributed by atoms with E-state index in [1.807, 2.05) is 11.8 Å². The molecular weight excluding hydrogens is 272 g/mol. The normalized spacial score (nSPS) is 17.4. The molecule has 1 saturated heterocycles. The van der Waals surface area contributed by atoms with Crippen molar-refractivity contribution in [3.8, 4) is 0 Å². The van der Waals surface area contributed by atoms with Gasteiger partial charge in [0, 0.05) is 31.1 Å². The van der Waals surface area contributed by atoms with Crippen LogP contribution in [0.3, 0.4) is 0 Å². The third kappa shape index (κ3) is 3.30. The molecule has 5 nitrogen and oxygen atoms in total. The van der Waals surface area contributed by atoms with Gasteiger partial charge < -0.3 is 15.5 Å². The molecule has 1 unspecified atom stereocenters. The molecule has 1 aromatic rings. The quantitative estimate of drug-likeness (QED) is 0.915. The summed E-state index contributed by atoms with van der Waals surface area (Å²) < 4.78 is 0. The minimum atomic E-state index is -0.337. The molecule has 0 spiro atoms. The summed E-state index contributed by atoms with van der Waals surface area (Å²) in [4.78, 5) is 22.2. The third-order valence-electron chi connectivity index (χ3n) is 3.80. The van der Waals surface area contributed by atoms with Gasteiger partial charge in [0.25, 0.3) is 0 Å². The maximum Gasteiger partial charge on any atom is 0.239 e. The Morgan fingerprint density at radius 2 is 2.00 bits per heavy atom. The van der Waals surface area contributed by atoms with Gasteiger partial charge in [0.2, 0.25) is 5.91 Å². The Hall–Kier alpha value is -1.14. The Morgan fingerprint density at radius 1 is 1.35 bits per heavy atom. The topological polar surface area (TPSA) is 62.5 Å². The fourth-order valence-corrected chi connectivity index (χ4v) is 3.34. The van der Waals surface area contributed by atoms with Crippen LogP contribution in [-0.2, 0) is 4.79 Å². The van der Waals surface area contributed by atoms with Gasteiger partial charge in [-0.15, -0.1) is 11.3 Å². The van der Waals surface area contributed by atoms with E-state index in [4.69, 9.17) is 5.73 Å². The summed E-state index contributed by atoms with van der Waals surface area (Å²) in [5.41, 5.74) is 7.02. The molecule has 1 amide bonds. The number of aryl methyl sites for hydroxylation is 2. The summed E-state index contributed by atoms with van der Waals surface area (Å²) in [7, 11) is 0. The summed E-state index contributed by atoms with van der Waals surface area (Å²) in [6.07, 6.45) is 1.72. The second-order valence-corrected chi connectivity index (χ2v) is 6.53. The average molecular weight is 296 g/mol. The summed E-state index contributed by atoms with van der Waals surface area (Å²) in [5.74, 6) is 0.0954. The van der Waals surface area contributed by atoms with Crippen LogP contribution in [0.25, 0.3) is 0 Å². The number of rotatable bonds is 4. The number of anilines is 1. The van der Waals surface area contributed by atoms with Gasteiger partial charge in [0.05, 0.1) is 11.7 Å². The molecular formula is C14H24N4OS. The summed E-state index contributed by atoms with van der Waals surface area (Å²) >= 11 is 1.73. The summed E-state index contributed by atoms with van der Waals surface area (Å²) in [5, 5.41) is 1.07. The van der Waals surface area contributed by atoms with E-state index in [0.717, 1.165) is 49.8 Å². The lowest BCUT2D eigenvalue weighted by Gasteiger charge is -2.35. The van der Waals surface area contributed by atoms with Crippen molar-refractivity contribution < 1.29 is 4.79 Å². The van der Waals surface area contributed by atoms with Crippen molar-refractivity contribution in [3.05, 3.63) is 10.6 Å². The molecule has 0 aromatic carbocycles. The smallest absolute Gasteiger partial charge is 0.239 e. The SMILES string of the molecule is CCCC(N)C(=O)N1CCN(c2nc(C)c(C)s2)CC1. The maximum atomic E-state index is 12.2. The largest absolute Gasteiger partial charge is 0.345 e. The third-order valence-corrected chi connectivity index (χ3v) is 4.93. The standard InChI is InChI=1S/C14H24N4OS/c1-4-5-12(15)13(19)17-6-8-18(9-7-17)14-16-10(2)11(3)20-14/h12H,4-9,15H2,1-3H3. The molecule has 112 valence electrons. The molecule has 2 heterocycles. The highest BCUT2D eigenvalue weighted by atomic mass is 32.1. The van der Waals surface area contributed by atoms with Crippen molar-refractivity contribution in [1.82, 2.24) is 9.88 Å². The Bertz CT molecular complexity index is 446. The molecule has 2 N–H and O–H groups in total. The van der Waals surface area contributed by atoms with Crippen LogP contribution in [-0.4, -0.2) is 48.0 Å². The van der Waals surface area contributed by atoms with Crippen molar-refractivity contribution in [3.63, 3.8) is 0 Å². The Labute approximate surface area is 124 Å². The van der Waals surface area contributed by atoms with Gasteiger partial charge in [-0.25, -0.2) is 4.98 Å². The number of nitrogens with zero attached hydrogens (tertiary/aromatic N) is 3. The molecule has 1 aliphatic rings. The highest BCUT2D eigenvalue weighted by molar-refractivity contribution is 7.15. The molecule has 1 aliphatic heterocycles. The predicted molar refractivity (Wildman–Crippen MR) is 83.3 cm³/mol. The number of piperazine rings is 1. The van der Waals surface area contributed by atoms with E-state index in [2.05, 4.69) is 23.7 Å². The number of hydrogen-bond donors (Lipinski definition) is 1. The van der Waals surface area contributed by atoms with Crippen LogP contribution in [0.2, 0.25) is 0 Å². The molecule has 1 aromatic heterocycles. The van der Waals surface area contributed by atoms with Crippen molar-refractivity contribution in [1.29, 1.82) is 0 Å². The minimum Gasteiger partial charge on any atom is -0.345 e. The zero-order chi connectivity index (χ0) is 14.7. The maximum absolute atomic E-state index is 12.2. The number of amides is 1. The van der Waals surface area contributed by atoms with E-state index < -0.39 is 0 Å². The molecule has 6 heteroatoms. The van der Waals surface area contributed by atoms with Gasteiger partial charge in [-0.1, -0.05) is 13.3 Å². The Kier molecular flexibility index (Phi) is 4.99. The second-order valence-electron chi connectivity index (χ2n) is 5.35. The lowest BCUT2D eigenvalue weighted by Crippen LogP contribution is -2.53. The lowest BCUT2D eigenvalue weighted by atomic mass is 10.1. The first kappa shape index (κ1) is 15.3. The zero-order valence-corrected chi connectivity index (χ0v) is 13.4. The van der Waals surface area contributed by atoms with E-state index in [9.17, 15) is 4.79 Å². The first-order valence-electron chi connectivity index (χ1n) is 7.26. The van der Waals surface area contributed by atoms with E-state index in [1.165, 1.54) is 4.88 Å². The van der Waals surface area contributed by atoms with E-state index in [-0.39, 0.29) is 11.9 Å². The molecule has 1 fully saturated rings. The molecule has 1 atom stereocenters. The molecule has 0 aliphatic carbocycles. The minimum absolute atomic E-state index is 0.0954. The number of carbonyl (C=O) groups excluding carboxylic acids is 1. The molecule has 0 saturated carbocycles. The van der Waals surface area contributed by atoms with Gasteiger partial charge in [-0.2, -0.15) is 0 Å². The molecule has 20 heavy (non-hydrogen) atoms. The van der Waals surface area contributed by atoms with Crippen LogP contribution in [0.1, 0.15) is 30.3 Å². The van der Waals surface area contributed by atoms with Crippen molar-refractivity contribution in [2.45, 2.75) is 39.7 Å². The predicted octanol–water partition coefficient (Wildman–Crippen LogP) is 1.54. The van der Waals surface area contributed by atoms with Crippen molar-refractivity contribution in [2.24, 2.45) is 5.73 Å². The van der Waals surface area contributed by atoms with Crippen LogP contribution >= 0.6 is 11.3 Å². The van der Waals surface area contributed by atoms with Crippen LogP contribution < -0.4 is 10.6 Å². The summed E-state index contributed by atoms with van der Waals surface area (Å²) in [6, 6.07) is -0.337. The lowest BCUT2D eigenvalue weighted by molar-refractivity contribution is -0.133. The van der Waals surface area contributed by atoms with Crippen LogP contribution in [0.5, 0.6) is 0 Å². The van der Waals surface area contributed by atoms with Gasteiger partial charge in [0.1, 0.15) is 0 Å². The van der Waals surface area contributed by atoms with E-state index in [0.29, 0.717) is 0 Å². The molecule has 0 bridgehead atoms.